The predicted molar refractivity (Wildman–Crippen MR) is 99.7 cm³/mol. The first-order chi connectivity index (χ1) is 13.9. The van der Waals surface area contributed by atoms with Gasteiger partial charge in [-0.3, -0.25) is 0 Å². The van der Waals surface area contributed by atoms with Crippen LogP contribution in [0, 0.1) is 18.3 Å². The molecule has 0 unspecified atom stereocenters. The predicted octanol–water partition coefficient (Wildman–Crippen LogP) is 3.79. The van der Waals surface area contributed by atoms with Crippen LogP contribution in [0.3, 0.4) is 0 Å². The molecule has 2 rings (SSSR count). The van der Waals surface area contributed by atoms with Crippen LogP contribution in [-0.4, -0.2) is 38.1 Å². The van der Waals surface area contributed by atoms with E-state index in [4.69, 9.17) is 9.47 Å². The van der Waals surface area contributed by atoms with Gasteiger partial charge in [-0.2, -0.15) is 26.9 Å². The van der Waals surface area contributed by atoms with Crippen molar-refractivity contribution in [3.05, 3.63) is 28.3 Å². The summed E-state index contributed by atoms with van der Waals surface area (Å²) in [6, 6.07) is 3.87. The van der Waals surface area contributed by atoms with Crippen molar-refractivity contribution in [1.29, 1.82) is 5.26 Å². The first-order valence-corrected chi connectivity index (χ1v) is 10.5. The number of halogens is 3. The number of esters is 1. The Morgan fingerprint density at radius 1 is 1.27 bits per heavy atom. The van der Waals surface area contributed by atoms with Gasteiger partial charge < -0.3 is 13.7 Å². The lowest BCUT2D eigenvalue weighted by Crippen LogP contribution is -2.28. The fraction of sp³-hybridized carbons (Fsp3) is 0.353. The lowest BCUT2D eigenvalue weighted by atomic mass is 10.1. The highest BCUT2D eigenvalue weighted by atomic mass is 32.2. The molecule has 30 heavy (non-hydrogen) atoms. The molecule has 0 aliphatic heterocycles. The fourth-order valence-electron chi connectivity index (χ4n) is 2.22. The van der Waals surface area contributed by atoms with E-state index in [-0.39, 0.29) is 28.7 Å². The number of nitrogens with zero attached hydrogens (tertiary/aromatic N) is 2. The Kier molecular flexibility index (Phi) is 6.94. The zero-order chi connectivity index (χ0) is 22.7. The van der Waals surface area contributed by atoms with Gasteiger partial charge >= 0.3 is 21.6 Å². The Balaban J connectivity index is 2.61. The van der Waals surface area contributed by atoms with Gasteiger partial charge in [-0.05, 0) is 32.9 Å². The molecule has 162 valence electrons. The van der Waals surface area contributed by atoms with Gasteiger partial charge in [0.15, 0.2) is 5.75 Å². The molecule has 0 fully saturated rings. The summed E-state index contributed by atoms with van der Waals surface area (Å²) in [5.74, 6) is -1.88. The molecule has 0 aliphatic carbocycles. The zero-order valence-corrected chi connectivity index (χ0v) is 17.5. The van der Waals surface area contributed by atoms with Gasteiger partial charge in [-0.15, -0.1) is 11.3 Å². The Labute approximate surface area is 173 Å². The van der Waals surface area contributed by atoms with Crippen molar-refractivity contribution in [3.8, 4) is 28.1 Å². The summed E-state index contributed by atoms with van der Waals surface area (Å²) in [7, 11) is -6.03. The van der Waals surface area contributed by atoms with E-state index in [0.29, 0.717) is 5.69 Å². The molecule has 1 heterocycles. The molecule has 0 amide bonds. The number of rotatable bonds is 7. The lowest BCUT2D eigenvalue weighted by Gasteiger charge is -2.15. The summed E-state index contributed by atoms with van der Waals surface area (Å²) in [6.45, 7) is 4.80. The number of aryl methyl sites for hydroxylation is 1. The molecule has 8 nitrogen and oxygen atoms in total. The minimum atomic E-state index is -6.03. The van der Waals surface area contributed by atoms with Crippen LogP contribution in [-0.2, 0) is 14.9 Å². The van der Waals surface area contributed by atoms with Crippen molar-refractivity contribution in [1.82, 2.24) is 4.98 Å². The molecule has 0 atom stereocenters. The third kappa shape index (κ3) is 4.82. The summed E-state index contributed by atoms with van der Waals surface area (Å²) in [4.78, 5) is 16.4. The lowest BCUT2D eigenvalue weighted by molar-refractivity contribution is -0.0500. The second-order valence-corrected chi connectivity index (χ2v) is 8.07. The van der Waals surface area contributed by atoms with Crippen LogP contribution in [0.15, 0.2) is 12.1 Å². The van der Waals surface area contributed by atoms with Crippen molar-refractivity contribution in [2.75, 3.05) is 13.2 Å². The molecule has 13 heteroatoms. The molecule has 2 aromatic rings. The van der Waals surface area contributed by atoms with Crippen molar-refractivity contribution in [2.45, 2.75) is 26.3 Å². The number of alkyl halides is 3. The maximum absolute atomic E-state index is 12.7. The van der Waals surface area contributed by atoms with Crippen molar-refractivity contribution < 1.29 is 40.0 Å². The second-order valence-electron chi connectivity index (χ2n) is 5.53. The maximum Gasteiger partial charge on any atom is 0.534 e. The molecule has 0 saturated carbocycles. The van der Waals surface area contributed by atoms with Crippen LogP contribution in [0.5, 0.6) is 11.5 Å². The van der Waals surface area contributed by atoms with Gasteiger partial charge in [0, 0.05) is 5.56 Å². The van der Waals surface area contributed by atoms with Gasteiger partial charge in [0.25, 0.3) is 0 Å². The van der Waals surface area contributed by atoms with Crippen LogP contribution in [0.25, 0.3) is 10.6 Å². The van der Waals surface area contributed by atoms with Crippen LogP contribution in [0.4, 0.5) is 13.2 Å². The molecule has 1 aromatic carbocycles. The van der Waals surface area contributed by atoms with Crippen molar-refractivity contribution >= 4 is 27.4 Å². The molecule has 0 spiro atoms. The van der Waals surface area contributed by atoms with Crippen molar-refractivity contribution in [3.63, 3.8) is 0 Å². The Hall–Kier alpha value is -2.85. The smallest absolute Gasteiger partial charge is 0.490 e. The summed E-state index contributed by atoms with van der Waals surface area (Å²) in [5, 5.41) is 9.60. The molecular formula is C17H15F3N2O6S2. The highest BCUT2D eigenvalue weighted by molar-refractivity contribution is 7.88. The van der Waals surface area contributed by atoms with E-state index in [1.807, 2.05) is 0 Å². The SMILES string of the molecule is CCOC(=O)c1sc(-c2cc(C#N)c(OS(=O)(=O)C(F)(F)F)c(OCC)c2)nc1C. The minimum Gasteiger partial charge on any atom is -0.490 e. The molecular weight excluding hydrogens is 449 g/mol. The summed E-state index contributed by atoms with van der Waals surface area (Å²) in [5.41, 5.74) is -5.64. The Morgan fingerprint density at radius 3 is 2.47 bits per heavy atom. The zero-order valence-electron chi connectivity index (χ0n) is 15.9. The number of carbonyl (C=O) groups is 1. The standard InChI is InChI=1S/C17H15F3N2O6S2/c1-4-26-12-7-10(15-22-9(3)14(29-15)16(23)27-5-2)6-11(8-21)13(12)28-30(24,25)17(18,19)20/h6-7H,4-5H2,1-3H3. The third-order valence-electron chi connectivity index (χ3n) is 3.46. The number of nitriles is 1. The van der Waals surface area contributed by atoms with E-state index >= 15 is 0 Å². The molecule has 0 aliphatic rings. The number of aromatic nitrogens is 1. The van der Waals surface area contributed by atoms with E-state index in [1.165, 1.54) is 13.0 Å². The number of thiazole rings is 1. The van der Waals surface area contributed by atoms with E-state index < -0.39 is 38.7 Å². The summed E-state index contributed by atoms with van der Waals surface area (Å²) in [6.07, 6.45) is 0. The normalized spacial score (nSPS) is 11.6. The molecule has 0 saturated heterocycles. The Morgan fingerprint density at radius 2 is 1.93 bits per heavy atom. The average molecular weight is 464 g/mol. The van der Waals surface area contributed by atoms with Gasteiger partial charge in [-0.1, -0.05) is 0 Å². The number of hydrogen-bond acceptors (Lipinski definition) is 9. The van der Waals surface area contributed by atoms with E-state index in [1.54, 1.807) is 19.9 Å². The number of hydrogen-bond donors (Lipinski definition) is 0. The van der Waals surface area contributed by atoms with Gasteiger partial charge in [0.2, 0.25) is 5.75 Å². The molecule has 0 bridgehead atoms. The number of carbonyl (C=O) groups excluding carboxylic acids is 1. The quantitative estimate of drug-likeness (QED) is 0.345. The van der Waals surface area contributed by atoms with Gasteiger partial charge in [0.1, 0.15) is 21.5 Å². The monoisotopic (exact) mass is 464 g/mol. The topological polar surface area (TPSA) is 116 Å². The van der Waals surface area contributed by atoms with Crippen LogP contribution in [0.2, 0.25) is 0 Å². The highest BCUT2D eigenvalue weighted by Gasteiger charge is 2.49. The van der Waals surface area contributed by atoms with Crippen LogP contribution < -0.4 is 8.92 Å². The molecule has 0 N–H and O–H groups in total. The van der Waals surface area contributed by atoms with Gasteiger partial charge in [-0.25, -0.2) is 9.78 Å². The number of benzene rings is 1. The molecule has 0 radical (unpaired) electrons. The summed E-state index contributed by atoms with van der Waals surface area (Å²) < 4.78 is 75.3. The second kappa shape index (κ2) is 8.88. The van der Waals surface area contributed by atoms with Crippen molar-refractivity contribution in [2.24, 2.45) is 0 Å². The molecule has 1 aromatic heterocycles. The highest BCUT2D eigenvalue weighted by Crippen LogP contribution is 2.40. The van der Waals surface area contributed by atoms with Crippen LogP contribution in [0.1, 0.15) is 34.8 Å². The third-order valence-corrected chi connectivity index (χ3v) is 5.60. The number of ether oxygens (including phenoxy) is 2. The maximum atomic E-state index is 12.7. The van der Waals surface area contributed by atoms with E-state index in [9.17, 15) is 31.6 Å². The first-order valence-electron chi connectivity index (χ1n) is 8.31. The minimum absolute atomic E-state index is 0.0538. The largest absolute Gasteiger partial charge is 0.534 e. The van der Waals surface area contributed by atoms with E-state index in [0.717, 1.165) is 17.4 Å². The van der Waals surface area contributed by atoms with Gasteiger partial charge in [0.05, 0.1) is 18.9 Å². The first kappa shape index (κ1) is 23.4. The van der Waals surface area contributed by atoms with E-state index in [2.05, 4.69) is 9.17 Å². The van der Waals surface area contributed by atoms with Crippen LogP contribution >= 0.6 is 11.3 Å². The fourth-order valence-corrected chi connectivity index (χ4v) is 3.65. The Bertz CT molecular complexity index is 1100. The average Bonchev–Trinajstić information content (AvgIpc) is 3.04. The summed E-state index contributed by atoms with van der Waals surface area (Å²) >= 11 is 0.940.